The molecule has 0 bridgehead atoms. The maximum atomic E-state index is 13.3. The van der Waals surface area contributed by atoms with Crippen molar-refractivity contribution in [1.82, 2.24) is 15.1 Å². The van der Waals surface area contributed by atoms with E-state index >= 15 is 0 Å². The summed E-state index contributed by atoms with van der Waals surface area (Å²) in [7, 11) is 1.57. The summed E-state index contributed by atoms with van der Waals surface area (Å²) in [4.78, 5) is 26.2. The Morgan fingerprint density at radius 1 is 1.07 bits per heavy atom. The molecule has 2 aromatic heterocycles. The van der Waals surface area contributed by atoms with Crippen molar-refractivity contribution in [3.63, 3.8) is 0 Å². The van der Waals surface area contributed by atoms with Gasteiger partial charge in [0.2, 0.25) is 0 Å². The maximum Gasteiger partial charge on any atom is 0.265 e. The van der Waals surface area contributed by atoms with Crippen LogP contribution in [0.15, 0.2) is 48.5 Å². The van der Waals surface area contributed by atoms with Crippen LogP contribution in [0.5, 0.6) is 0 Å². The Bertz CT molecular complexity index is 1270. The summed E-state index contributed by atoms with van der Waals surface area (Å²) in [6, 6.07) is 13.1. The molecule has 0 aliphatic carbocycles. The highest BCUT2D eigenvalue weighted by molar-refractivity contribution is 7.20. The Labute approximate surface area is 176 Å². The lowest BCUT2D eigenvalue weighted by Crippen LogP contribution is -2.20. The monoisotopic (exact) mass is 422 g/mol. The zero-order valence-corrected chi connectivity index (χ0v) is 17.4. The Hall–Kier alpha value is -3.52. The van der Waals surface area contributed by atoms with Crippen LogP contribution in [-0.4, -0.2) is 28.6 Å². The SMILES string of the molecule is CNC(=O)c1cccc(NC(=O)c2cc3c(C)nn(-c4ccc(F)cc4)c3s2)c1C. The normalized spacial score (nSPS) is 10.9. The van der Waals surface area contributed by atoms with Gasteiger partial charge in [0.25, 0.3) is 11.8 Å². The minimum Gasteiger partial charge on any atom is -0.355 e. The second kappa shape index (κ2) is 7.72. The number of aryl methyl sites for hydroxylation is 1. The molecule has 4 aromatic rings. The van der Waals surface area contributed by atoms with Crippen LogP contribution in [-0.2, 0) is 0 Å². The van der Waals surface area contributed by atoms with Crippen molar-refractivity contribution in [2.75, 3.05) is 12.4 Å². The second-order valence-corrected chi connectivity index (χ2v) is 7.85. The molecule has 30 heavy (non-hydrogen) atoms. The standard InChI is InChI=1S/C22H19FN4O2S/c1-12-16(20(28)24-3)5-4-6-18(12)25-21(29)19-11-17-13(2)26-27(22(17)30-19)15-9-7-14(23)8-10-15/h4-11H,1-3H3,(H,24,28)(H,25,29). The van der Waals surface area contributed by atoms with Gasteiger partial charge in [-0.3, -0.25) is 9.59 Å². The first-order valence-electron chi connectivity index (χ1n) is 9.27. The van der Waals surface area contributed by atoms with Crippen molar-refractivity contribution in [1.29, 1.82) is 0 Å². The van der Waals surface area contributed by atoms with E-state index in [-0.39, 0.29) is 17.6 Å². The highest BCUT2D eigenvalue weighted by atomic mass is 32.1. The predicted octanol–water partition coefficient (Wildman–Crippen LogP) is 4.45. The molecule has 0 saturated carbocycles. The maximum absolute atomic E-state index is 13.3. The number of fused-ring (bicyclic) bond motifs is 1. The lowest BCUT2D eigenvalue weighted by atomic mass is 10.1. The van der Waals surface area contributed by atoms with Crippen molar-refractivity contribution in [3.8, 4) is 5.69 Å². The van der Waals surface area contributed by atoms with Gasteiger partial charge >= 0.3 is 0 Å². The smallest absolute Gasteiger partial charge is 0.265 e. The van der Waals surface area contributed by atoms with Gasteiger partial charge in [-0.1, -0.05) is 6.07 Å². The zero-order valence-electron chi connectivity index (χ0n) is 16.6. The van der Waals surface area contributed by atoms with Crippen molar-refractivity contribution < 1.29 is 14.0 Å². The Morgan fingerprint density at radius 2 is 1.80 bits per heavy atom. The summed E-state index contributed by atoms with van der Waals surface area (Å²) < 4.78 is 15.0. The van der Waals surface area contributed by atoms with E-state index in [0.717, 1.165) is 21.6 Å². The fourth-order valence-corrected chi connectivity index (χ4v) is 4.33. The number of thiophene rings is 1. The number of halogens is 1. The summed E-state index contributed by atoms with van der Waals surface area (Å²) in [5, 5.41) is 10.9. The zero-order chi connectivity index (χ0) is 21.4. The quantitative estimate of drug-likeness (QED) is 0.510. The minimum atomic E-state index is -0.320. The molecule has 2 heterocycles. The molecular weight excluding hydrogens is 403 g/mol. The number of nitrogens with zero attached hydrogens (tertiary/aromatic N) is 2. The van der Waals surface area contributed by atoms with Crippen LogP contribution in [0, 0.1) is 19.7 Å². The first kappa shape index (κ1) is 19.8. The molecule has 0 fully saturated rings. The second-order valence-electron chi connectivity index (χ2n) is 6.81. The van der Waals surface area contributed by atoms with E-state index in [0.29, 0.717) is 21.7 Å². The molecule has 0 unspecified atom stereocenters. The van der Waals surface area contributed by atoms with E-state index in [1.807, 2.05) is 6.92 Å². The lowest BCUT2D eigenvalue weighted by Gasteiger charge is -2.11. The van der Waals surface area contributed by atoms with Crippen LogP contribution >= 0.6 is 11.3 Å². The van der Waals surface area contributed by atoms with E-state index in [1.165, 1.54) is 23.5 Å². The molecule has 0 aliphatic heterocycles. The number of amides is 2. The molecular formula is C22H19FN4O2S. The number of hydrogen-bond acceptors (Lipinski definition) is 4. The van der Waals surface area contributed by atoms with Crippen LogP contribution in [0.1, 0.15) is 31.3 Å². The lowest BCUT2D eigenvalue weighted by molar-refractivity contribution is 0.0961. The fraction of sp³-hybridized carbons (Fsp3) is 0.136. The third-order valence-corrected chi connectivity index (χ3v) is 6.00. The summed E-state index contributed by atoms with van der Waals surface area (Å²) in [5.74, 6) is -0.793. The Balaban J connectivity index is 1.68. The van der Waals surface area contributed by atoms with Gasteiger partial charge in [-0.2, -0.15) is 5.10 Å². The van der Waals surface area contributed by atoms with Gasteiger partial charge in [0.05, 0.1) is 16.3 Å². The molecule has 0 atom stereocenters. The molecule has 2 amide bonds. The number of anilines is 1. The van der Waals surface area contributed by atoms with Gasteiger partial charge in [-0.25, -0.2) is 9.07 Å². The molecule has 4 rings (SSSR count). The topological polar surface area (TPSA) is 76.0 Å². The van der Waals surface area contributed by atoms with E-state index in [4.69, 9.17) is 0 Å². The van der Waals surface area contributed by atoms with Gasteiger partial charge in [-0.05, 0) is 61.9 Å². The molecule has 0 saturated heterocycles. The van der Waals surface area contributed by atoms with E-state index in [1.54, 1.807) is 55.1 Å². The third kappa shape index (κ3) is 3.46. The van der Waals surface area contributed by atoms with Crippen molar-refractivity contribution in [3.05, 3.63) is 76.0 Å². The van der Waals surface area contributed by atoms with Gasteiger partial charge in [-0.15, -0.1) is 11.3 Å². The number of aromatic nitrogens is 2. The molecule has 152 valence electrons. The van der Waals surface area contributed by atoms with Gasteiger partial charge in [0, 0.05) is 23.7 Å². The highest BCUT2D eigenvalue weighted by Crippen LogP contribution is 2.31. The third-order valence-electron chi connectivity index (χ3n) is 4.89. The van der Waals surface area contributed by atoms with Crippen molar-refractivity contribution in [2.24, 2.45) is 0 Å². The summed E-state index contributed by atoms with van der Waals surface area (Å²) in [5.41, 5.74) is 3.28. The minimum absolute atomic E-state index is 0.208. The number of hydrogen-bond donors (Lipinski definition) is 2. The van der Waals surface area contributed by atoms with Gasteiger partial charge in [0.1, 0.15) is 10.6 Å². The number of carbonyl (C=O) groups excluding carboxylic acids is 2. The van der Waals surface area contributed by atoms with Gasteiger partial charge in [0.15, 0.2) is 0 Å². The number of benzene rings is 2. The first-order valence-corrected chi connectivity index (χ1v) is 10.1. The van der Waals surface area contributed by atoms with Crippen LogP contribution in [0.4, 0.5) is 10.1 Å². The largest absolute Gasteiger partial charge is 0.355 e. The molecule has 0 aliphatic rings. The number of carbonyl (C=O) groups is 2. The molecule has 0 spiro atoms. The molecule has 8 heteroatoms. The number of rotatable bonds is 4. The average molecular weight is 422 g/mol. The Morgan fingerprint density at radius 3 is 2.50 bits per heavy atom. The van der Waals surface area contributed by atoms with Crippen LogP contribution in [0.3, 0.4) is 0 Å². The Kier molecular flexibility index (Phi) is 5.09. The highest BCUT2D eigenvalue weighted by Gasteiger charge is 2.19. The van der Waals surface area contributed by atoms with Crippen molar-refractivity contribution >= 4 is 39.1 Å². The predicted molar refractivity (Wildman–Crippen MR) is 116 cm³/mol. The summed E-state index contributed by atoms with van der Waals surface area (Å²) in [6.45, 7) is 3.66. The van der Waals surface area contributed by atoms with E-state index < -0.39 is 0 Å². The van der Waals surface area contributed by atoms with E-state index in [2.05, 4.69) is 15.7 Å². The number of nitrogens with one attached hydrogen (secondary N) is 2. The molecule has 6 nitrogen and oxygen atoms in total. The summed E-state index contributed by atoms with van der Waals surface area (Å²) in [6.07, 6.45) is 0. The molecule has 0 radical (unpaired) electrons. The molecule has 2 aromatic carbocycles. The van der Waals surface area contributed by atoms with Crippen molar-refractivity contribution in [2.45, 2.75) is 13.8 Å². The fourth-order valence-electron chi connectivity index (χ4n) is 3.25. The van der Waals surface area contributed by atoms with E-state index in [9.17, 15) is 14.0 Å². The van der Waals surface area contributed by atoms with Crippen LogP contribution < -0.4 is 10.6 Å². The first-order chi connectivity index (χ1) is 14.4. The van der Waals surface area contributed by atoms with Crippen LogP contribution in [0.2, 0.25) is 0 Å². The van der Waals surface area contributed by atoms with Gasteiger partial charge < -0.3 is 10.6 Å². The summed E-state index contributed by atoms with van der Waals surface area (Å²) >= 11 is 1.31. The molecule has 2 N–H and O–H groups in total. The van der Waals surface area contributed by atoms with Crippen LogP contribution in [0.25, 0.3) is 15.9 Å². The average Bonchev–Trinajstić information content (AvgIpc) is 3.30.